The van der Waals surface area contributed by atoms with Crippen molar-refractivity contribution in [2.24, 2.45) is 5.92 Å². The summed E-state index contributed by atoms with van der Waals surface area (Å²) in [5, 5.41) is 6.27. The Hall–Kier alpha value is -3.44. The van der Waals surface area contributed by atoms with Gasteiger partial charge in [0.25, 0.3) is 5.91 Å². The van der Waals surface area contributed by atoms with Crippen molar-refractivity contribution < 1.29 is 9.59 Å². The van der Waals surface area contributed by atoms with Gasteiger partial charge in [-0.2, -0.15) is 0 Å². The Balaban J connectivity index is 1.33. The molecule has 2 N–H and O–H groups in total. The molecule has 0 bridgehead atoms. The van der Waals surface area contributed by atoms with E-state index in [2.05, 4.69) is 39.8 Å². The van der Waals surface area contributed by atoms with Crippen LogP contribution >= 0.6 is 0 Å². The van der Waals surface area contributed by atoms with E-state index in [1.807, 2.05) is 74.5 Å². The fourth-order valence-electron chi connectivity index (χ4n) is 4.80. The summed E-state index contributed by atoms with van der Waals surface area (Å²) >= 11 is 0. The van der Waals surface area contributed by atoms with Crippen LogP contribution in [0.2, 0.25) is 0 Å². The summed E-state index contributed by atoms with van der Waals surface area (Å²) in [7, 11) is 0. The molecule has 5 nitrogen and oxygen atoms in total. The molecule has 1 heterocycles. The van der Waals surface area contributed by atoms with Gasteiger partial charge in [-0.3, -0.25) is 9.59 Å². The molecule has 0 aromatic heterocycles. The zero-order valence-electron chi connectivity index (χ0n) is 21.3. The fourth-order valence-corrected chi connectivity index (χ4v) is 4.80. The van der Waals surface area contributed by atoms with Crippen LogP contribution < -0.4 is 10.6 Å². The van der Waals surface area contributed by atoms with Crippen LogP contribution in [-0.2, 0) is 4.79 Å². The van der Waals surface area contributed by atoms with E-state index in [1.165, 1.54) is 5.56 Å². The van der Waals surface area contributed by atoms with Crippen LogP contribution in [0.1, 0.15) is 66.6 Å². The highest BCUT2D eigenvalue weighted by molar-refractivity contribution is 5.94. The summed E-state index contributed by atoms with van der Waals surface area (Å²) in [5.41, 5.74) is 4.00. The largest absolute Gasteiger partial charge is 0.345 e. The van der Waals surface area contributed by atoms with Gasteiger partial charge in [-0.15, -0.1) is 0 Å². The van der Waals surface area contributed by atoms with E-state index in [4.69, 9.17) is 0 Å². The minimum absolute atomic E-state index is 0.0297. The number of likely N-dealkylation sites (tertiary alicyclic amines) is 1. The number of amides is 2. The molecule has 0 spiro atoms. The highest BCUT2D eigenvalue weighted by Gasteiger charge is 2.23. The van der Waals surface area contributed by atoms with Crippen LogP contribution in [-0.4, -0.2) is 36.3 Å². The molecule has 5 heteroatoms. The summed E-state index contributed by atoms with van der Waals surface area (Å²) < 4.78 is 0. The number of hydrogen-bond acceptors (Lipinski definition) is 3. The average Bonchev–Trinajstić information content (AvgIpc) is 2.92. The quantitative estimate of drug-likeness (QED) is 0.391. The number of nitrogens with one attached hydrogen (secondary N) is 2. The molecule has 3 aromatic rings. The molecule has 0 unspecified atom stereocenters. The second kappa shape index (κ2) is 12.5. The third-order valence-electron chi connectivity index (χ3n) is 7.01. The van der Waals surface area contributed by atoms with Crippen LogP contribution in [0.4, 0.5) is 5.69 Å². The maximum absolute atomic E-state index is 12.9. The number of benzene rings is 3. The number of hydrogen-bond donors (Lipinski definition) is 2. The number of carbonyl (C=O) groups is 2. The van der Waals surface area contributed by atoms with Crippen LogP contribution in [0.3, 0.4) is 0 Å². The Kier molecular flexibility index (Phi) is 8.90. The number of rotatable bonds is 9. The van der Waals surface area contributed by atoms with Crippen LogP contribution in [0.15, 0.2) is 84.9 Å². The van der Waals surface area contributed by atoms with E-state index < -0.39 is 0 Å². The third-order valence-corrected chi connectivity index (χ3v) is 7.01. The smallest absolute Gasteiger partial charge is 0.251 e. The molecular formula is C31H37N3O2. The van der Waals surface area contributed by atoms with Crippen molar-refractivity contribution in [2.45, 2.75) is 45.1 Å². The first kappa shape index (κ1) is 25.6. The molecule has 3 aromatic carbocycles. The first-order chi connectivity index (χ1) is 17.5. The van der Waals surface area contributed by atoms with Gasteiger partial charge in [0, 0.05) is 23.7 Å². The first-order valence-electron chi connectivity index (χ1n) is 13.0. The van der Waals surface area contributed by atoms with Gasteiger partial charge < -0.3 is 15.5 Å². The number of carbonyl (C=O) groups excluding carboxylic acids is 2. The molecule has 0 radical (unpaired) electrons. The van der Waals surface area contributed by atoms with Gasteiger partial charge in [-0.1, -0.05) is 74.5 Å². The molecule has 1 fully saturated rings. The first-order valence-corrected chi connectivity index (χ1v) is 13.0. The fraction of sp³-hybridized carbons (Fsp3) is 0.355. The Morgan fingerprint density at radius 2 is 1.56 bits per heavy atom. The van der Waals surface area contributed by atoms with E-state index in [1.54, 1.807) is 0 Å². The van der Waals surface area contributed by atoms with E-state index in [-0.39, 0.29) is 23.8 Å². The van der Waals surface area contributed by atoms with Crippen molar-refractivity contribution in [3.05, 3.63) is 102 Å². The predicted molar refractivity (Wildman–Crippen MR) is 146 cm³/mol. The average molecular weight is 484 g/mol. The molecule has 1 aliphatic heterocycles. The normalized spacial score (nSPS) is 15.4. The monoisotopic (exact) mass is 483 g/mol. The molecule has 36 heavy (non-hydrogen) atoms. The molecule has 4 rings (SSSR count). The lowest BCUT2D eigenvalue weighted by Crippen LogP contribution is -2.36. The summed E-state index contributed by atoms with van der Waals surface area (Å²) in [6.07, 6.45) is 3.05. The standard InChI is InChI=1S/C31H37N3O2/c1-23(2)30(35)32-28-15-9-14-27(22-28)24-16-19-34(20-17-24)21-18-29(25-10-5-3-6-11-25)33-31(36)26-12-7-4-8-13-26/h3-15,22-24,29H,16-21H2,1-2H3,(H,32,35)(H,33,36)/t29-/m0/s1. The number of piperidine rings is 1. The second-order valence-electron chi connectivity index (χ2n) is 9.98. The van der Waals surface area contributed by atoms with Crippen molar-refractivity contribution in [3.8, 4) is 0 Å². The summed E-state index contributed by atoms with van der Waals surface area (Å²) in [5.74, 6) is 0.482. The lowest BCUT2D eigenvalue weighted by Gasteiger charge is -2.33. The van der Waals surface area contributed by atoms with Crippen molar-refractivity contribution in [1.82, 2.24) is 10.2 Å². The highest BCUT2D eigenvalue weighted by atomic mass is 16.2. The van der Waals surface area contributed by atoms with Crippen molar-refractivity contribution in [1.29, 1.82) is 0 Å². The molecule has 1 aliphatic rings. The van der Waals surface area contributed by atoms with Gasteiger partial charge in [-0.05, 0) is 73.7 Å². The molecule has 0 saturated carbocycles. The Bertz CT molecular complexity index is 1120. The van der Waals surface area contributed by atoms with Crippen LogP contribution in [0.25, 0.3) is 0 Å². The minimum Gasteiger partial charge on any atom is -0.345 e. The van der Waals surface area contributed by atoms with E-state index >= 15 is 0 Å². The lowest BCUT2D eigenvalue weighted by atomic mass is 9.89. The Morgan fingerprint density at radius 1 is 0.889 bits per heavy atom. The van der Waals surface area contributed by atoms with E-state index in [0.717, 1.165) is 50.1 Å². The van der Waals surface area contributed by atoms with Gasteiger partial charge >= 0.3 is 0 Å². The molecule has 1 saturated heterocycles. The zero-order chi connectivity index (χ0) is 25.3. The molecule has 188 valence electrons. The molecule has 0 aliphatic carbocycles. The summed E-state index contributed by atoms with van der Waals surface area (Å²) in [6.45, 7) is 6.81. The van der Waals surface area contributed by atoms with Gasteiger partial charge in [-0.25, -0.2) is 0 Å². The molecule has 2 amide bonds. The van der Waals surface area contributed by atoms with Crippen molar-refractivity contribution in [2.75, 3.05) is 25.0 Å². The van der Waals surface area contributed by atoms with E-state index in [0.29, 0.717) is 11.5 Å². The van der Waals surface area contributed by atoms with E-state index in [9.17, 15) is 9.59 Å². The molecular weight excluding hydrogens is 446 g/mol. The SMILES string of the molecule is CC(C)C(=O)Nc1cccc(C2CCN(CC[C@H](NC(=O)c3ccccc3)c3ccccc3)CC2)c1. The van der Waals surface area contributed by atoms with Crippen LogP contribution in [0, 0.1) is 5.92 Å². The summed E-state index contributed by atoms with van der Waals surface area (Å²) in [4.78, 5) is 27.4. The maximum atomic E-state index is 12.9. The highest BCUT2D eigenvalue weighted by Crippen LogP contribution is 2.30. The van der Waals surface area contributed by atoms with Gasteiger partial charge in [0.2, 0.25) is 5.91 Å². The van der Waals surface area contributed by atoms with Crippen molar-refractivity contribution in [3.63, 3.8) is 0 Å². The third kappa shape index (κ3) is 7.05. The number of anilines is 1. The summed E-state index contributed by atoms with van der Waals surface area (Å²) in [6, 6.07) is 27.9. The Labute approximate surface area is 214 Å². The Morgan fingerprint density at radius 3 is 2.22 bits per heavy atom. The van der Waals surface area contributed by atoms with Gasteiger partial charge in [0.05, 0.1) is 6.04 Å². The zero-order valence-corrected chi connectivity index (χ0v) is 21.3. The van der Waals surface area contributed by atoms with Crippen LogP contribution in [0.5, 0.6) is 0 Å². The second-order valence-corrected chi connectivity index (χ2v) is 9.98. The number of nitrogens with zero attached hydrogens (tertiary/aromatic N) is 1. The van der Waals surface area contributed by atoms with Gasteiger partial charge in [0.1, 0.15) is 0 Å². The van der Waals surface area contributed by atoms with Crippen molar-refractivity contribution >= 4 is 17.5 Å². The lowest BCUT2D eigenvalue weighted by molar-refractivity contribution is -0.118. The van der Waals surface area contributed by atoms with Gasteiger partial charge in [0.15, 0.2) is 0 Å². The maximum Gasteiger partial charge on any atom is 0.251 e. The minimum atomic E-state index is -0.0346. The predicted octanol–water partition coefficient (Wildman–Crippen LogP) is 6.02. The topological polar surface area (TPSA) is 61.4 Å². The molecule has 1 atom stereocenters.